The molecule has 6 nitrogen and oxygen atoms in total. The molecule has 0 aliphatic rings. The predicted molar refractivity (Wildman–Crippen MR) is 89.7 cm³/mol. The highest BCUT2D eigenvalue weighted by Crippen LogP contribution is 2.20. The van der Waals surface area contributed by atoms with Crippen LogP contribution in [0.3, 0.4) is 0 Å². The number of hydrogen-bond acceptors (Lipinski definition) is 3. The summed E-state index contributed by atoms with van der Waals surface area (Å²) in [5.74, 6) is -0.952. The molecule has 0 spiro atoms. The molecule has 0 amide bonds. The molecular formula is C15H16N4O2S. The molecule has 7 heteroatoms. The highest BCUT2D eigenvalue weighted by atomic mass is 32.1. The molecule has 2 rings (SSSR count). The first-order valence-corrected chi connectivity index (χ1v) is 6.92. The summed E-state index contributed by atoms with van der Waals surface area (Å²) in [6.07, 6.45) is 1.62. The van der Waals surface area contributed by atoms with Gasteiger partial charge in [0.15, 0.2) is 5.11 Å². The predicted octanol–water partition coefficient (Wildman–Crippen LogP) is 1.96. The van der Waals surface area contributed by atoms with Crippen LogP contribution in [-0.2, 0) is 0 Å². The second-order valence-electron chi connectivity index (χ2n) is 4.75. The summed E-state index contributed by atoms with van der Waals surface area (Å²) in [5.41, 5.74) is 11.6. The minimum Gasteiger partial charge on any atom is -0.478 e. The Bertz CT molecular complexity index is 765. The molecule has 114 valence electrons. The van der Waals surface area contributed by atoms with Crippen molar-refractivity contribution in [2.75, 3.05) is 0 Å². The Hall–Kier alpha value is -2.67. The summed E-state index contributed by atoms with van der Waals surface area (Å²) in [7, 11) is 0. The van der Waals surface area contributed by atoms with Crippen LogP contribution in [0.1, 0.15) is 27.3 Å². The third-order valence-corrected chi connectivity index (χ3v) is 3.29. The number of aromatic carboxylic acids is 1. The number of nitrogens with zero attached hydrogens (tertiary/aromatic N) is 2. The topological polar surface area (TPSA) is 92.6 Å². The summed E-state index contributed by atoms with van der Waals surface area (Å²) in [4.78, 5) is 11.1. The van der Waals surface area contributed by atoms with E-state index in [1.54, 1.807) is 24.4 Å². The zero-order valence-corrected chi connectivity index (χ0v) is 13.0. The molecule has 1 aromatic carbocycles. The summed E-state index contributed by atoms with van der Waals surface area (Å²) in [6.45, 7) is 3.88. The van der Waals surface area contributed by atoms with Gasteiger partial charge in [-0.15, -0.1) is 0 Å². The molecule has 2 aromatic rings. The lowest BCUT2D eigenvalue weighted by molar-refractivity contribution is 0.0697. The number of carboxylic acid groups (broad SMARTS) is 1. The van der Waals surface area contributed by atoms with Crippen molar-refractivity contribution >= 4 is 29.5 Å². The van der Waals surface area contributed by atoms with Crippen LogP contribution in [-0.4, -0.2) is 27.0 Å². The van der Waals surface area contributed by atoms with Crippen molar-refractivity contribution in [2.45, 2.75) is 13.8 Å². The van der Waals surface area contributed by atoms with Crippen LogP contribution in [0.4, 0.5) is 0 Å². The number of benzene rings is 1. The van der Waals surface area contributed by atoms with Crippen LogP contribution in [0.25, 0.3) is 5.69 Å². The maximum absolute atomic E-state index is 11.1. The number of hydrogen-bond donors (Lipinski definition) is 3. The monoisotopic (exact) mass is 316 g/mol. The first-order valence-electron chi connectivity index (χ1n) is 6.51. The number of aryl methyl sites for hydroxylation is 1. The molecule has 0 radical (unpaired) electrons. The van der Waals surface area contributed by atoms with Crippen LogP contribution in [0.2, 0.25) is 0 Å². The van der Waals surface area contributed by atoms with E-state index >= 15 is 0 Å². The van der Waals surface area contributed by atoms with Crippen molar-refractivity contribution in [3.8, 4) is 5.69 Å². The van der Waals surface area contributed by atoms with Gasteiger partial charge in [-0.25, -0.2) is 4.79 Å². The van der Waals surface area contributed by atoms with E-state index in [9.17, 15) is 4.79 Å². The van der Waals surface area contributed by atoms with E-state index in [0.29, 0.717) is 0 Å². The number of nitrogens with one attached hydrogen (secondary N) is 1. The van der Waals surface area contributed by atoms with Crippen LogP contribution in [0.15, 0.2) is 35.4 Å². The van der Waals surface area contributed by atoms with Gasteiger partial charge in [-0.3, -0.25) is 5.43 Å². The van der Waals surface area contributed by atoms with Crippen LogP contribution < -0.4 is 11.2 Å². The van der Waals surface area contributed by atoms with E-state index in [0.717, 1.165) is 22.6 Å². The summed E-state index contributed by atoms with van der Waals surface area (Å²) < 4.78 is 1.97. The summed E-state index contributed by atoms with van der Waals surface area (Å²) >= 11 is 4.68. The average molecular weight is 316 g/mol. The number of hydrazone groups is 1. The maximum Gasteiger partial charge on any atom is 0.335 e. The molecule has 0 aliphatic heterocycles. The highest BCUT2D eigenvalue weighted by Gasteiger charge is 2.11. The van der Waals surface area contributed by atoms with E-state index in [2.05, 4.69) is 22.7 Å². The van der Waals surface area contributed by atoms with Crippen molar-refractivity contribution in [1.29, 1.82) is 0 Å². The fourth-order valence-corrected chi connectivity index (χ4v) is 2.31. The lowest BCUT2D eigenvalue weighted by Gasteiger charge is -2.10. The zero-order chi connectivity index (χ0) is 16.3. The highest BCUT2D eigenvalue weighted by molar-refractivity contribution is 7.80. The Balaban J connectivity index is 2.42. The van der Waals surface area contributed by atoms with Gasteiger partial charge in [-0.1, -0.05) is 6.07 Å². The molecule has 1 heterocycles. The summed E-state index contributed by atoms with van der Waals surface area (Å²) in [6, 6.07) is 8.74. The quantitative estimate of drug-likeness (QED) is 0.455. The third kappa shape index (κ3) is 3.32. The number of aromatic nitrogens is 1. The molecule has 0 atom stereocenters. The van der Waals surface area contributed by atoms with Gasteiger partial charge in [0, 0.05) is 22.6 Å². The number of rotatable bonds is 4. The van der Waals surface area contributed by atoms with Gasteiger partial charge in [-0.05, 0) is 50.3 Å². The van der Waals surface area contributed by atoms with Gasteiger partial charge < -0.3 is 15.4 Å². The third-order valence-electron chi connectivity index (χ3n) is 3.20. The smallest absolute Gasteiger partial charge is 0.335 e. The second kappa shape index (κ2) is 6.40. The van der Waals surface area contributed by atoms with Crippen molar-refractivity contribution in [1.82, 2.24) is 9.99 Å². The van der Waals surface area contributed by atoms with Gasteiger partial charge >= 0.3 is 5.97 Å². The normalized spacial score (nSPS) is 10.8. The molecule has 0 bridgehead atoms. The minimum atomic E-state index is -0.952. The standard InChI is InChI=1S/C15H16N4O2S/c1-9-6-12(8-17-18-15(16)22)10(2)19(9)13-5-3-4-11(7-13)14(20)21/h3-8H,1-2H3,(H,20,21)(H3,16,18,22)/b17-8+. The molecule has 0 fully saturated rings. The largest absolute Gasteiger partial charge is 0.478 e. The Kier molecular flexibility index (Phi) is 4.57. The molecule has 0 saturated heterocycles. The van der Waals surface area contributed by atoms with Crippen molar-refractivity contribution in [3.05, 3.63) is 52.8 Å². The molecule has 4 N–H and O–H groups in total. The molecular weight excluding hydrogens is 300 g/mol. The Morgan fingerprint density at radius 2 is 2.14 bits per heavy atom. The SMILES string of the molecule is Cc1cc(/C=N/NC(N)=S)c(C)n1-c1cccc(C(=O)O)c1. The Morgan fingerprint density at radius 1 is 1.41 bits per heavy atom. The molecule has 0 unspecified atom stereocenters. The van der Waals surface area contributed by atoms with E-state index < -0.39 is 5.97 Å². The maximum atomic E-state index is 11.1. The Morgan fingerprint density at radius 3 is 2.77 bits per heavy atom. The first kappa shape index (κ1) is 15.7. The minimum absolute atomic E-state index is 0.0965. The van der Waals surface area contributed by atoms with Crippen LogP contribution >= 0.6 is 12.2 Å². The fourth-order valence-electron chi connectivity index (χ4n) is 2.26. The lowest BCUT2D eigenvalue weighted by Crippen LogP contribution is -2.24. The van der Waals surface area contributed by atoms with Gasteiger partial charge in [0.25, 0.3) is 0 Å². The van der Waals surface area contributed by atoms with Crippen molar-refractivity contribution in [3.63, 3.8) is 0 Å². The van der Waals surface area contributed by atoms with Crippen LogP contribution in [0, 0.1) is 13.8 Å². The van der Waals surface area contributed by atoms with Gasteiger partial charge in [0.1, 0.15) is 0 Å². The van der Waals surface area contributed by atoms with Crippen LogP contribution in [0.5, 0.6) is 0 Å². The number of carbonyl (C=O) groups is 1. The lowest BCUT2D eigenvalue weighted by atomic mass is 10.2. The number of carboxylic acids is 1. The van der Waals surface area contributed by atoms with Gasteiger partial charge in [-0.2, -0.15) is 5.10 Å². The molecule has 0 saturated carbocycles. The van der Waals surface area contributed by atoms with Gasteiger partial charge in [0.05, 0.1) is 11.8 Å². The number of nitrogens with two attached hydrogens (primary N) is 1. The molecule has 0 aliphatic carbocycles. The van der Waals surface area contributed by atoms with E-state index in [1.807, 2.05) is 30.5 Å². The van der Waals surface area contributed by atoms with Crippen molar-refractivity contribution in [2.24, 2.45) is 10.8 Å². The van der Waals surface area contributed by atoms with Gasteiger partial charge in [0.2, 0.25) is 0 Å². The molecule has 22 heavy (non-hydrogen) atoms. The average Bonchev–Trinajstić information content (AvgIpc) is 2.73. The first-order chi connectivity index (χ1) is 10.4. The fraction of sp³-hybridized carbons (Fsp3) is 0.133. The Labute approximate surface area is 133 Å². The van der Waals surface area contributed by atoms with E-state index in [-0.39, 0.29) is 10.7 Å². The van der Waals surface area contributed by atoms with E-state index in [4.69, 9.17) is 10.8 Å². The molecule has 1 aromatic heterocycles. The van der Waals surface area contributed by atoms with Crippen molar-refractivity contribution < 1.29 is 9.90 Å². The zero-order valence-electron chi connectivity index (χ0n) is 12.2. The van der Waals surface area contributed by atoms with E-state index in [1.165, 1.54) is 0 Å². The second-order valence-corrected chi connectivity index (χ2v) is 5.19. The number of thiocarbonyl (C=S) groups is 1. The summed E-state index contributed by atoms with van der Waals surface area (Å²) in [5, 5.41) is 13.1.